The van der Waals surface area contributed by atoms with Crippen molar-refractivity contribution in [3.63, 3.8) is 0 Å². The smallest absolute Gasteiger partial charge is 0.753 e. The Kier molecular flexibility index (Phi) is 57.7. The first-order valence-corrected chi connectivity index (χ1v) is 20.7. The summed E-state index contributed by atoms with van der Waals surface area (Å²) >= 11 is 18.5. The van der Waals surface area contributed by atoms with E-state index in [1.54, 1.807) is 36.7 Å². The second-order valence-electron chi connectivity index (χ2n) is 11.4. The average molecular weight is 1280 g/mol. The van der Waals surface area contributed by atoms with Gasteiger partial charge in [0.05, 0.1) is 57.5 Å². The first-order valence-electron chi connectivity index (χ1n) is 18.6. The van der Waals surface area contributed by atoms with E-state index in [2.05, 4.69) is 110 Å². The number of aryl methyl sites for hydroxylation is 2. The standard InChI is InChI=1S/C17H15N3.2C11H8N2O2.5CNS.3CO2.2Ru/c1-12-6-8-18-16(10-12)14-4-3-5-15(20-14)17-11-13(2)7-9-19-17;2*14-11(15)8-4-6-13-10(7-8)9-3-1-2-5-12-9;8*2-1-3;;/h3-11H,1-2H3;2*1-7H,(H,14,15);;;;;;;;;;/q;;;5*-1;;;;+2;+3/p-2. The van der Waals surface area contributed by atoms with Gasteiger partial charge in [0, 0.05) is 48.3 Å². The van der Waals surface area contributed by atoms with Crippen LogP contribution in [-0.4, -0.2) is 91.1 Å². The maximum atomic E-state index is 10.6. The molecule has 7 rings (SSSR count). The summed E-state index contributed by atoms with van der Waals surface area (Å²) in [5, 5.41) is 63.6. The number of carbonyl (C=O) groups excluding carboxylic acids is 8. The maximum Gasteiger partial charge on any atom is 3.00 e. The van der Waals surface area contributed by atoms with Crippen molar-refractivity contribution in [2.45, 2.75) is 13.8 Å². The van der Waals surface area contributed by atoms with Gasteiger partial charge in [-0.25, -0.2) is 4.98 Å². The number of aromatic nitrogens is 7. The predicted molar refractivity (Wildman–Crippen MR) is 279 cm³/mol. The molecule has 0 amide bonds. The summed E-state index contributed by atoms with van der Waals surface area (Å²) in [5.74, 6) is -2.43. The van der Waals surface area contributed by atoms with Gasteiger partial charge in [-0.15, -0.1) is 0 Å². The van der Waals surface area contributed by atoms with Gasteiger partial charge in [-0.2, -0.15) is 54.6 Å². The molecule has 385 valence electrons. The van der Waals surface area contributed by atoms with Gasteiger partial charge < -0.3 is 46.8 Å². The van der Waals surface area contributed by atoms with Gasteiger partial charge in [0.2, 0.25) is 0 Å². The van der Waals surface area contributed by atoms with E-state index in [1.165, 1.54) is 73.6 Å². The summed E-state index contributed by atoms with van der Waals surface area (Å²) < 4.78 is 0. The quantitative estimate of drug-likeness (QED) is 0.0990. The van der Waals surface area contributed by atoms with Crippen LogP contribution in [0.25, 0.3) is 72.6 Å². The van der Waals surface area contributed by atoms with Gasteiger partial charge in [-0.3, -0.25) is 29.9 Å². The van der Waals surface area contributed by atoms with Gasteiger partial charge in [0.25, 0.3) is 0 Å². The molecule has 29 heteroatoms. The van der Waals surface area contributed by atoms with Crippen molar-refractivity contribution in [2.75, 3.05) is 0 Å². The number of thiocarbonyl (C=S) groups is 5. The summed E-state index contributed by atoms with van der Waals surface area (Å²) in [6.45, 7) is 4.11. The van der Waals surface area contributed by atoms with E-state index >= 15 is 0 Å². The van der Waals surface area contributed by atoms with Crippen LogP contribution in [0.3, 0.4) is 0 Å². The Labute approximate surface area is 485 Å². The number of carboxylic acid groups (broad SMARTS) is 2. The number of isothiocyanates is 5. The van der Waals surface area contributed by atoms with Gasteiger partial charge in [0.15, 0.2) is 0 Å². The molecule has 0 bridgehead atoms. The number of aromatic carboxylic acids is 2. The molecule has 7 heterocycles. The number of carbonyl (C=O) groups is 2. The molecule has 0 fully saturated rings. The summed E-state index contributed by atoms with van der Waals surface area (Å²) in [4.78, 5) is 99.7. The van der Waals surface area contributed by atoms with Crippen LogP contribution < -0.4 is 10.2 Å². The second-order valence-corrected chi connectivity index (χ2v) is 12.3. The molecule has 7 aromatic heterocycles. The van der Waals surface area contributed by atoms with Gasteiger partial charge in [-0.1, -0.05) is 79.3 Å². The van der Waals surface area contributed by atoms with Crippen molar-refractivity contribution in [2.24, 2.45) is 0 Å². The third-order valence-corrected chi connectivity index (χ3v) is 6.95. The van der Waals surface area contributed by atoms with Crippen LogP contribution >= 0.6 is 61.1 Å². The Balaban J connectivity index is -0.000000199. The van der Waals surface area contributed by atoms with E-state index < -0.39 is 11.9 Å². The van der Waals surface area contributed by atoms with Gasteiger partial charge >= 0.3 is 57.4 Å². The Bertz CT molecular complexity index is 2770. The number of hydrogen-bond acceptors (Lipinski definition) is 22. The van der Waals surface area contributed by atoms with E-state index in [4.69, 9.17) is 55.8 Å². The van der Waals surface area contributed by atoms with Crippen molar-refractivity contribution in [1.29, 1.82) is 0 Å². The number of carboxylic acids is 2. The van der Waals surface area contributed by atoms with Crippen LogP contribution in [0, 0.1) is 13.8 Å². The molecule has 0 spiro atoms. The van der Waals surface area contributed by atoms with E-state index in [9.17, 15) is 19.8 Å². The summed E-state index contributed by atoms with van der Waals surface area (Å²) in [6.07, 6.45) is 10.5. The molecule has 0 aromatic carbocycles. The number of rotatable bonds is 6. The summed E-state index contributed by atoms with van der Waals surface area (Å²) in [7, 11) is 0. The normalized spacial score (nSPS) is 7.50. The number of pyridine rings is 7. The monoisotopic (exact) mass is 1280 g/mol. The Morgan fingerprint density at radius 2 is 0.632 bits per heavy atom. The first kappa shape index (κ1) is 78.8. The molecule has 0 aliphatic heterocycles. The predicted octanol–water partition coefficient (Wildman–Crippen LogP) is 6.37. The fourth-order valence-corrected chi connectivity index (χ4v) is 4.50. The molecule has 0 saturated heterocycles. The van der Waals surface area contributed by atoms with Crippen molar-refractivity contribution < 1.29 is 87.5 Å². The third kappa shape index (κ3) is 40.9. The minimum absolute atomic E-state index is 0. The van der Waals surface area contributed by atoms with Crippen molar-refractivity contribution in [3.8, 4) is 45.6 Å². The van der Waals surface area contributed by atoms with Crippen molar-refractivity contribution >= 4 is 117 Å². The minimum atomic E-state index is -1.21. The maximum absolute atomic E-state index is 10.6. The van der Waals surface area contributed by atoms with Crippen LogP contribution in [0.1, 0.15) is 31.8 Å². The van der Waals surface area contributed by atoms with Gasteiger partial charge in [0.1, 0.15) is 0 Å². The first-order chi connectivity index (χ1) is 35.6. The van der Waals surface area contributed by atoms with Crippen LogP contribution in [0.15, 0.2) is 140 Å². The molecule has 0 atom stereocenters. The molecule has 1 radical (unpaired) electrons. The minimum Gasteiger partial charge on any atom is -0.753 e. The molecule has 0 aliphatic carbocycles. The molecule has 22 nitrogen and oxygen atoms in total. The fraction of sp³-hybridized carbons (Fsp3) is 0.0426. The second kappa shape index (κ2) is 55.7. The Morgan fingerprint density at radius 1 is 0.395 bits per heavy atom. The zero-order valence-electron chi connectivity index (χ0n) is 38.5. The molecule has 0 saturated carbocycles. The van der Waals surface area contributed by atoms with Crippen molar-refractivity contribution in [3.05, 3.63) is 190 Å². The molecule has 7 aromatic rings. The number of nitrogens with zero attached hydrogens (tertiary/aromatic N) is 12. The largest absolute Gasteiger partial charge is 3.00 e. The SMILES string of the molecule is Cc1ccnc(-c2cccc(-c3cc(C)ccn3)n2)c1.O=C([O-])c1ccnc(-c2ccccn2)c1.O=C([O-])c1ccnc(-c2ccccn2)c1.O=C=O.O=C=O.O=C=O.[N-]=C=S.[N-]=C=S.[N-]=C=S.[N-]=C=S.[N-]=C=S.[Ru+2].[Ru+3]. The van der Waals surface area contributed by atoms with E-state index in [-0.39, 0.29) is 68.5 Å². The Hall–Kier alpha value is -8.62. The zero-order chi connectivity index (χ0) is 57.0. The fourth-order valence-electron chi connectivity index (χ4n) is 4.50. The van der Waals surface area contributed by atoms with Crippen LogP contribution in [0.5, 0.6) is 0 Å². The number of hydrogen-bond donors (Lipinski definition) is 0. The van der Waals surface area contributed by atoms with E-state index in [1.807, 2.05) is 67.0 Å². The van der Waals surface area contributed by atoms with Gasteiger partial charge in [-0.05, 0) is 110 Å². The van der Waals surface area contributed by atoms with Crippen LogP contribution in [-0.2, 0) is 67.7 Å². The van der Waals surface area contributed by atoms with E-state index in [0.717, 1.165) is 22.8 Å². The topological polar surface area (TPSA) is 384 Å². The summed E-state index contributed by atoms with van der Waals surface area (Å²) in [5.41, 5.74) is 8.40. The molecule has 0 unspecified atom stereocenters. The Morgan fingerprint density at radius 3 is 0.868 bits per heavy atom. The third-order valence-electron chi connectivity index (χ3n) is 6.95. The molecular weight excluding hydrogens is 1260 g/mol. The van der Waals surface area contributed by atoms with Crippen molar-refractivity contribution in [1.82, 2.24) is 34.9 Å². The van der Waals surface area contributed by atoms with Crippen LogP contribution in [0.2, 0.25) is 0 Å². The average Bonchev–Trinajstić information content (AvgIpc) is 3.39. The molecular formula is C47H29N12O10Ru2S5-2. The summed E-state index contributed by atoms with van der Waals surface area (Å²) in [6, 6.07) is 30.4. The molecule has 0 N–H and O–H groups in total. The zero-order valence-corrected chi connectivity index (χ0v) is 46.0. The molecule has 0 aliphatic rings. The van der Waals surface area contributed by atoms with Crippen LogP contribution in [0.4, 0.5) is 0 Å². The molecule has 76 heavy (non-hydrogen) atoms. The van der Waals surface area contributed by atoms with E-state index in [0.29, 0.717) is 22.8 Å².